The monoisotopic (exact) mass is 348 g/mol. The second-order valence-corrected chi connectivity index (χ2v) is 7.49. The lowest BCUT2D eigenvalue weighted by Crippen LogP contribution is -2.13. The molecule has 0 fully saturated rings. The van der Waals surface area contributed by atoms with E-state index in [0.29, 0.717) is 10.8 Å². The highest BCUT2D eigenvalue weighted by Crippen LogP contribution is 2.31. The Kier molecular flexibility index (Phi) is 4.66. The summed E-state index contributed by atoms with van der Waals surface area (Å²) in [6.07, 6.45) is 0. The van der Waals surface area contributed by atoms with Crippen LogP contribution in [-0.4, -0.2) is 16.6 Å². The summed E-state index contributed by atoms with van der Waals surface area (Å²) in [6, 6.07) is 13.4. The topological polar surface area (TPSA) is 42.0 Å². The number of carbonyl (C=O) groups excluding carboxylic acids is 1. The van der Waals surface area contributed by atoms with Crippen LogP contribution < -0.4 is 5.32 Å². The number of benzene rings is 2. The average molecular weight is 349 g/mol. The Labute approximate surface area is 141 Å². The van der Waals surface area contributed by atoms with E-state index in [0.717, 1.165) is 25.8 Å². The first-order valence-electron chi connectivity index (χ1n) is 6.65. The standard InChI is InChI=1S/C16H13ClN2OS2/c1-10-3-2-4-12(7-10)18-15(20)9-21-16-19-13-8-11(17)5-6-14(13)22-16/h2-8H,9H2,1H3,(H,18,20). The van der Waals surface area contributed by atoms with Crippen molar-refractivity contribution in [3.05, 3.63) is 53.1 Å². The third-order valence-corrected chi connectivity index (χ3v) is 5.37. The predicted molar refractivity (Wildman–Crippen MR) is 95.2 cm³/mol. The molecular weight excluding hydrogens is 336 g/mol. The Hall–Kier alpha value is -1.56. The minimum atomic E-state index is -0.0344. The number of hydrogen-bond donors (Lipinski definition) is 1. The van der Waals surface area contributed by atoms with Crippen molar-refractivity contribution >= 4 is 56.5 Å². The Balaban J connectivity index is 1.62. The summed E-state index contributed by atoms with van der Waals surface area (Å²) in [4.78, 5) is 16.5. The summed E-state index contributed by atoms with van der Waals surface area (Å²) >= 11 is 8.96. The van der Waals surface area contributed by atoms with Gasteiger partial charge in [0.05, 0.1) is 16.0 Å². The fourth-order valence-electron chi connectivity index (χ4n) is 1.99. The number of hydrogen-bond acceptors (Lipinski definition) is 4. The minimum absolute atomic E-state index is 0.0344. The lowest BCUT2D eigenvalue weighted by atomic mass is 10.2. The quantitative estimate of drug-likeness (QED) is 0.675. The lowest BCUT2D eigenvalue weighted by molar-refractivity contribution is -0.113. The molecule has 0 atom stereocenters. The van der Waals surface area contributed by atoms with Crippen molar-refractivity contribution < 1.29 is 4.79 Å². The van der Waals surface area contributed by atoms with Crippen LogP contribution in [0.4, 0.5) is 5.69 Å². The molecular formula is C16H13ClN2OS2. The summed E-state index contributed by atoms with van der Waals surface area (Å²) in [5.74, 6) is 0.300. The van der Waals surface area contributed by atoms with Gasteiger partial charge in [0.1, 0.15) is 0 Å². The fourth-order valence-corrected chi connectivity index (χ4v) is 4.00. The zero-order valence-corrected chi connectivity index (χ0v) is 14.2. The third kappa shape index (κ3) is 3.80. The maximum absolute atomic E-state index is 12.0. The number of anilines is 1. The van der Waals surface area contributed by atoms with Crippen molar-refractivity contribution in [2.75, 3.05) is 11.1 Å². The van der Waals surface area contributed by atoms with Crippen LogP contribution >= 0.6 is 34.7 Å². The number of carbonyl (C=O) groups is 1. The molecule has 0 aliphatic carbocycles. The Morgan fingerprint density at radius 1 is 1.32 bits per heavy atom. The first kappa shape index (κ1) is 15.3. The fraction of sp³-hybridized carbons (Fsp3) is 0.125. The molecule has 0 bridgehead atoms. The van der Waals surface area contributed by atoms with Crippen LogP contribution in [0, 0.1) is 6.92 Å². The van der Waals surface area contributed by atoms with Gasteiger partial charge >= 0.3 is 0 Å². The molecule has 1 heterocycles. The van der Waals surface area contributed by atoms with Gasteiger partial charge in [-0.25, -0.2) is 4.98 Å². The molecule has 0 saturated carbocycles. The highest BCUT2D eigenvalue weighted by Gasteiger charge is 2.08. The minimum Gasteiger partial charge on any atom is -0.325 e. The van der Waals surface area contributed by atoms with E-state index in [-0.39, 0.29) is 5.91 Å². The van der Waals surface area contributed by atoms with Gasteiger partial charge in [0, 0.05) is 10.7 Å². The van der Waals surface area contributed by atoms with Crippen LogP contribution in [0.1, 0.15) is 5.56 Å². The molecule has 1 amide bonds. The van der Waals surface area contributed by atoms with Crippen molar-refractivity contribution in [3.8, 4) is 0 Å². The smallest absolute Gasteiger partial charge is 0.234 e. The number of fused-ring (bicyclic) bond motifs is 1. The Bertz CT molecular complexity index is 832. The van der Waals surface area contributed by atoms with Crippen molar-refractivity contribution in [3.63, 3.8) is 0 Å². The van der Waals surface area contributed by atoms with Gasteiger partial charge in [-0.3, -0.25) is 4.79 Å². The van der Waals surface area contributed by atoms with E-state index in [1.165, 1.54) is 11.8 Å². The van der Waals surface area contributed by atoms with E-state index in [9.17, 15) is 4.79 Å². The molecule has 22 heavy (non-hydrogen) atoms. The van der Waals surface area contributed by atoms with Crippen LogP contribution in [0.15, 0.2) is 46.8 Å². The number of aryl methyl sites for hydroxylation is 1. The maximum Gasteiger partial charge on any atom is 0.234 e. The van der Waals surface area contributed by atoms with Crippen LogP contribution in [0.25, 0.3) is 10.2 Å². The first-order chi connectivity index (χ1) is 10.6. The van der Waals surface area contributed by atoms with Gasteiger partial charge in [0.15, 0.2) is 4.34 Å². The van der Waals surface area contributed by atoms with Crippen LogP contribution in [0.2, 0.25) is 5.02 Å². The molecule has 0 aliphatic heterocycles. The number of thioether (sulfide) groups is 1. The maximum atomic E-state index is 12.0. The number of halogens is 1. The molecule has 3 rings (SSSR count). The zero-order valence-electron chi connectivity index (χ0n) is 11.8. The van der Waals surface area contributed by atoms with E-state index < -0.39 is 0 Å². The second-order valence-electron chi connectivity index (χ2n) is 4.80. The molecule has 1 N–H and O–H groups in total. The molecule has 3 nitrogen and oxygen atoms in total. The average Bonchev–Trinajstić information content (AvgIpc) is 2.87. The summed E-state index contributed by atoms with van der Waals surface area (Å²) in [5.41, 5.74) is 2.81. The normalized spacial score (nSPS) is 10.8. The second kappa shape index (κ2) is 6.69. The summed E-state index contributed by atoms with van der Waals surface area (Å²) in [5, 5.41) is 3.56. The van der Waals surface area contributed by atoms with Crippen molar-refractivity contribution in [2.24, 2.45) is 0 Å². The Morgan fingerprint density at radius 2 is 2.18 bits per heavy atom. The van der Waals surface area contributed by atoms with Gasteiger partial charge in [0.2, 0.25) is 5.91 Å². The summed E-state index contributed by atoms with van der Waals surface area (Å²) < 4.78 is 1.95. The summed E-state index contributed by atoms with van der Waals surface area (Å²) in [7, 11) is 0. The number of amides is 1. The van der Waals surface area contributed by atoms with Crippen LogP contribution in [0.3, 0.4) is 0 Å². The summed E-state index contributed by atoms with van der Waals surface area (Å²) in [6.45, 7) is 2.00. The number of thiazole rings is 1. The number of nitrogens with one attached hydrogen (secondary N) is 1. The molecule has 6 heteroatoms. The molecule has 2 aromatic carbocycles. The van der Waals surface area contributed by atoms with Gasteiger partial charge in [-0.1, -0.05) is 35.5 Å². The largest absolute Gasteiger partial charge is 0.325 e. The van der Waals surface area contributed by atoms with Gasteiger partial charge < -0.3 is 5.32 Å². The molecule has 0 spiro atoms. The molecule has 0 radical (unpaired) electrons. The van der Waals surface area contributed by atoms with E-state index in [1.54, 1.807) is 11.3 Å². The molecule has 0 saturated heterocycles. The predicted octanol–water partition coefficient (Wildman–Crippen LogP) is 4.99. The van der Waals surface area contributed by atoms with Crippen molar-refractivity contribution in [2.45, 2.75) is 11.3 Å². The van der Waals surface area contributed by atoms with Crippen molar-refractivity contribution in [1.29, 1.82) is 0 Å². The molecule has 3 aromatic rings. The van der Waals surface area contributed by atoms with E-state index >= 15 is 0 Å². The number of rotatable bonds is 4. The molecule has 1 aromatic heterocycles. The number of nitrogens with zero attached hydrogens (tertiary/aromatic N) is 1. The molecule has 112 valence electrons. The molecule has 0 unspecified atom stereocenters. The van der Waals surface area contributed by atoms with Gasteiger partial charge in [-0.2, -0.15) is 0 Å². The SMILES string of the molecule is Cc1cccc(NC(=O)CSc2nc3cc(Cl)ccc3s2)c1. The van der Waals surface area contributed by atoms with E-state index in [2.05, 4.69) is 10.3 Å². The zero-order chi connectivity index (χ0) is 15.5. The molecule has 0 aliphatic rings. The van der Waals surface area contributed by atoms with Gasteiger partial charge in [-0.05, 0) is 42.8 Å². The number of aromatic nitrogens is 1. The van der Waals surface area contributed by atoms with Crippen LogP contribution in [-0.2, 0) is 4.79 Å². The van der Waals surface area contributed by atoms with E-state index in [1.807, 2.05) is 49.4 Å². The van der Waals surface area contributed by atoms with Gasteiger partial charge in [-0.15, -0.1) is 11.3 Å². The van der Waals surface area contributed by atoms with Crippen molar-refractivity contribution in [1.82, 2.24) is 4.98 Å². The van der Waals surface area contributed by atoms with Crippen LogP contribution in [0.5, 0.6) is 0 Å². The Morgan fingerprint density at radius 3 is 3.00 bits per heavy atom. The third-order valence-electron chi connectivity index (χ3n) is 2.96. The lowest BCUT2D eigenvalue weighted by Gasteiger charge is -2.04. The first-order valence-corrected chi connectivity index (χ1v) is 8.83. The van der Waals surface area contributed by atoms with E-state index in [4.69, 9.17) is 11.6 Å². The van der Waals surface area contributed by atoms with Gasteiger partial charge in [0.25, 0.3) is 0 Å². The highest BCUT2D eigenvalue weighted by atomic mass is 35.5. The highest BCUT2D eigenvalue weighted by molar-refractivity contribution is 8.01.